The number of aromatic nitrogens is 2. The van der Waals surface area contributed by atoms with E-state index in [1.54, 1.807) is 25.3 Å². The van der Waals surface area contributed by atoms with Crippen molar-refractivity contribution in [2.45, 2.75) is 38.3 Å². The number of pyridine rings is 1. The Labute approximate surface area is 220 Å². The van der Waals surface area contributed by atoms with E-state index in [9.17, 15) is 14.0 Å². The summed E-state index contributed by atoms with van der Waals surface area (Å²) in [5.74, 6) is 0.189. The van der Waals surface area contributed by atoms with Crippen LogP contribution in [0, 0.1) is 5.82 Å². The molecule has 1 fully saturated rings. The Hall–Kier alpha value is -4.40. The van der Waals surface area contributed by atoms with Crippen molar-refractivity contribution in [3.8, 4) is 5.75 Å². The zero-order chi connectivity index (χ0) is 26.5. The molecule has 1 atom stereocenters. The fourth-order valence-corrected chi connectivity index (χ4v) is 4.74. The molecule has 8 nitrogen and oxygen atoms in total. The standard InChI is InChI=1S/C29H30FN5O3/c1-20(38-26-4-2-3-24(30)18-26)28(36)35-14-10-23(11-15-35)22-5-7-25(8-6-22)33-29(37)32-19-21-9-13-34-16-12-31-27(34)17-21/h2-9,12-13,16-18,20,23H,10-11,14-15,19H2,1H3,(H2,32,33,37). The monoisotopic (exact) mass is 515 g/mol. The van der Waals surface area contributed by atoms with E-state index >= 15 is 0 Å². The predicted molar refractivity (Wildman–Crippen MR) is 143 cm³/mol. The van der Waals surface area contributed by atoms with Crippen LogP contribution in [0.2, 0.25) is 0 Å². The van der Waals surface area contributed by atoms with E-state index in [0.717, 1.165) is 24.1 Å². The number of imidazole rings is 1. The number of anilines is 1. The van der Waals surface area contributed by atoms with Gasteiger partial charge in [0, 0.05) is 50.0 Å². The lowest BCUT2D eigenvalue weighted by Crippen LogP contribution is -2.44. The molecule has 4 aromatic rings. The Balaban J connectivity index is 1.07. The third-order valence-corrected chi connectivity index (χ3v) is 6.82. The largest absolute Gasteiger partial charge is 0.481 e. The first-order valence-electron chi connectivity index (χ1n) is 12.7. The summed E-state index contributed by atoms with van der Waals surface area (Å²) in [4.78, 5) is 31.3. The average molecular weight is 516 g/mol. The highest BCUT2D eigenvalue weighted by Crippen LogP contribution is 2.29. The Bertz CT molecular complexity index is 1410. The molecule has 3 amide bonds. The molecule has 196 valence electrons. The van der Waals surface area contributed by atoms with Crippen LogP contribution in [0.4, 0.5) is 14.9 Å². The number of nitrogens with zero attached hydrogens (tertiary/aromatic N) is 3. The first-order chi connectivity index (χ1) is 18.4. The zero-order valence-corrected chi connectivity index (χ0v) is 21.1. The van der Waals surface area contributed by atoms with Crippen molar-refractivity contribution in [3.63, 3.8) is 0 Å². The number of ether oxygens (including phenoxy) is 1. The van der Waals surface area contributed by atoms with Gasteiger partial charge in [0.1, 0.15) is 17.2 Å². The van der Waals surface area contributed by atoms with Gasteiger partial charge < -0.3 is 24.7 Å². The Morgan fingerprint density at radius 3 is 2.63 bits per heavy atom. The number of amides is 3. The Morgan fingerprint density at radius 1 is 1.08 bits per heavy atom. The Morgan fingerprint density at radius 2 is 1.87 bits per heavy atom. The third-order valence-electron chi connectivity index (χ3n) is 6.82. The van der Waals surface area contributed by atoms with Crippen LogP contribution in [0.25, 0.3) is 5.65 Å². The number of likely N-dealkylation sites (tertiary alicyclic amines) is 1. The van der Waals surface area contributed by atoms with Gasteiger partial charge in [-0.1, -0.05) is 18.2 Å². The summed E-state index contributed by atoms with van der Waals surface area (Å²) in [6, 6.07) is 17.3. The lowest BCUT2D eigenvalue weighted by Gasteiger charge is -2.33. The highest BCUT2D eigenvalue weighted by Gasteiger charge is 2.27. The molecule has 5 rings (SSSR count). The first kappa shape index (κ1) is 25.3. The molecule has 1 aliphatic heterocycles. The van der Waals surface area contributed by atoms with E-state index in [2.05, 4.69) is 15.6 Å². The van der Waals surface area contributed by atoms with Crippen molar-refractivity contribution in [2.24, 2.45) is 0 Å². The molecular formula is C29H30FN5O3. The van der Waals surface area contributed by atoms with Crippen molar-refractivity contribution in [3.05, 3.63) is 96.2 Å². The number of benzene rings is 2. The van der Waals surface area contributed by atoms with E-state index < -0.39 is 11.9 Å². The van der Waals surface area contributed by atoms with Crippen molar-refractivity contribution in [1.82, 2.24) is 19.6 Å². The second-order valence-corrected chi connectivity index (χ2v) is 9.47. The quantitative estimate of drug-likeness (QED) is 0.364. The number of carbonyl (C=O) groups excluding carboxylic acids is 2. The molecule has 0 bridgehead atoms. The van der Waals surface area contributed by atoms with Gasteiger partial charge in [-0.3, -0.25) is 4.79 Å². The predicted octanol–water partition coefficient (Wildman–Crippen LogP) is 4.97. The molecule has 9 heteroatoms. The smallest absolute Gasteiger partial charge is 0.319 e. The maximum Gasteiger partial charge on any atom is 0.319 e. The number of piperidine rings is 1. The van der Waals surface area contributed by atoms with Crippen molar-refractivity contribution < 1.29 is 18.7 Å². The summed E-state index contributed by atoms with van der Waals surface area (Å²) in [5.41, 5.74) is 3.70. The number of carbonyl (C=O) groups is 2. The van der Waals surface area contributed by atoms with Gasteiger partial charge >= 0.3 is 6.03 Å². The lowest BCUT2D eigenvalue weighted by molar-refractivity contribution is -0.139. The number of rotatable bonds is 7. The topological polar surface area (TPSA) is 88.0 Å². The first-order valence-corrected chi connectivity index (χ1v) is 12.7. The molecule has 0 spiro atoms. The second-order valence-electron chi connectivity index (χ2n) is 9.47. The molecule has 2 aromatic carbocycles. The van der Waals surface area contributed by atoms with Gasteiger partial charge in [-0.15, -0.1) is 0 Å². The number of halogens is 1. The van der Waals surface area contributed by atoms with Crippen LogP contribution >= 0.6 is 0 Å². The van der Waals surface area contributed by atoms with E-state index in [1.165, 1.54) is 17.7 Å². The van der Waals surface area contributed by atoms with E-state index in [4.69, 9.17) is 4.74 Å². The van der Waals surface area contributed by atoms with Crippen molar-refractivity contribution in [2.75, 3.05) is 18.4 Å². The van der Waals surface area contributed by atoms with Crippen LogP contribution in [0.1, 0.15) is 36.8 Å². The molecule has 1 unspecified atom stereocenters. The molecule has 0 radical (unpaired) electrons. The number of hydrogen-bond acceptors (Lipinski definition) is 4. The van der Waals surface area contributed by atoms with Gasteiger partial charge in [0.2, 0.25) is 0 Å². The van der Waals surface area contributed by atoms with Gasteiger partial charge in [-0.05, 0) is 73.2 Å². The molecule has 1 aliphatic rings. The van der Waals surface area contributed by atoms with E-state index in [0.29, 0.717) is 37.0 Å². The van der Waals surface area contributed by atoms with Crippen LogP contribution in [-0.4, -0.2) is 45.4 Å². The molecule has 2 aromatic heterocycles. The SMILES string of the molecule is CC(Oc1cccc(F)c1)C(=O)N1CCC(c2ccc(NC(=O)NCc3ccn4ccnc4c3)cc2)CC1. The van der Waals surface area contributed by atoms with Crippen molar-refractivity contribution >= 4 is 23.3 Å². The summed E-state index contributed by atoms with van der Waals surface area (Å²) in [6.07, 6.45) is 6.52. The summed E-state index contributed by atoms with van der Waals surface area (Å²) in [5, 5.41) is 5.74. The van der Waals surface area contributed by atoms with Crippen molar-refractivity contribution in [1.29, 1.82) is 0 Å². The fourth-order valence-electron chi connectivity index (χ4n) is 4.74. The van der Waals surface area contributed by atoms with Gasteiger partial charge in [-0.25, -0.2) is 14.2 Å². The molecule has 38 heavy (non-hydrogen) atoms. The van der Waals surface area contributed by atoms with Gasteiger partial charge in [0.25, 0.3) is 5.91 Å². The minimum Gasteiger partial charge on any atom is -0.481 e. The highest BCUT2D eigenvalue weighted by atomic mass is 19.1. The Kier molecular flexibility index (Phi) is 7.53. The van der Waals surface area contributed by atoms with Gasteiger partial charge in [0.15, 0.2) is 6.10 Å². The zero-order valence-electron chi connectivity index (χ0n) is 21.1. The number of fused-ring (bicyclic) bond motifs is 1. The van der Waals surface area contributed by atoms with Crippen LogP contribution in [-0.2, 0) is 11.3 Å². The summed E-state index contributed by atoms with van der Waals surface area (Å²) >= 11 is 0. The molecule has 2 N–H and O–H groups in total. The van der Waals surface area contributed by atoms with E-state index in [1.807, 2.05) is 58.1 Å². The van der Waals surface area contributed by atoms with Crippen LogP contribution < -0.4 is 15.4 Å². The minimum absolute atomic E-state index is 0.0945. The molecule has 1 saturated heterocycles. The molecule has 3 heterocycles. The molecular weight excluding hydrogens is 485 g/mol. The lowest BCUT2D eigenvalue weighted by atomic mass is 9.89. The van der Waals surface area contributed by atoms with Crippen LogP contribution in [0.15, 0.2) is 79.3 Å². The highest BCUT2D eigenvalue weighted by molar-refractivity contribution is 5.89. The third kappa shape index (κ3) is 6.11. The average Bonchev–Trinajstić information content (AvgIpc) is 3.40. The van der Waals surface area contributed by atoms with Gasteiger partial charge in [0.05, 0.1) is 0 Å². The molecule has 0 saturated carbocycles. The van der Waals surface area contributed by atoms with Crippen LogP contribution in [0.3, 0.4) is 0 Å². The van der Waals surface area contributed by atoms with E-state index in [-0.39, 0.29) is 11.9 Å². The summed E-state index contributed by atoms with van der Waals surface area (Å²) in [7, 11) is 0. The number of urea groups is 1. The fraction of sp³-hybridized carbons (Fsp3) is 0.276. The number of hydrogen-bond donors (Lipinski definition) is 2. The summed E-state index contributed by atoms with van der Waals surface area (Å²) in [6.45, 7) is 3.36. The summed E-state index contributed by atoms with van der Waals surface area (Å²) < 4.78 is 21.0. The van der Waals surface area contributed by atoms with Gasteiger partial charge in [-0.2, -0.15) is 0 Å². The number of nitrogens with one attached hydrogen (secondary N) is 2. The van der Waals surface area contributed by atoms with Crippen LogP contribution in [0.5, 0.6) is 5.75 Å². The maximum absolute atomic E-state index is 13.4. The maximum atomic E-state index is 13.4. The molecule has 0 aliphatic carbocycles. The minimum atomic E-state index is -0.682. The normalized spacial score (nSPS) is 14.7. The second kappa shape index (κ2) is 11.3.